The van der Waals surface area contributed by atoms with Crippen LogP contribution in [0.15, 0.2) is 29.1 Å². The van der Waals surface area contributed by atoms with E-state index in [0.717, 1.165) is 41.7 Å². The van der Waals surface area contributed by atoms with Crippen molar-refractivity contribution in [3.05, 3.63) is 50.1 Å². The second-order valence-corrected chi connectivity index (χ2v) is 8.52. The zero-order valence-electron chi connectivity index (χ0n) is 16.0. The molecule has 0 amide bonds. The van der Waals surface area contributed by atoms with E-state index in [2.05, 4.69) is 17.3 Å². The van der Waals surface area contributed by atoms with Gasteiger partial charge in [0.1, 0.15) is 4.83 Å². The molecule has 3 aromatic rings. The van der Waals surface area contributed by atoms with Gasteiger partial charge >= 0.3 is 0 Å². The van der Waals surface area contributed by atoms with Crippen LogP contribution in [-0.4, -0.2) is 48.3 Å². The molecule has 0 spiro atoms. The van der Waals surface area contributed by atoms with E-state index in [0.29, 0.717) is 29.8 Å². The fourth-order valence-electron chi connectivity index (χ4n) is 3.56. The molecule has 6 nitrogen and oxygen atoms in total. The molecule has 0 unspecified atom stereocenters. The Labute approximate surface area is 172 Å². The van der Waals surface area contributed by atoms with E-state index in [1.54, 1.807) is 35.1 Å². The summed E-state index contributed by atoms with van der Waals surface area (Å²) in [7, 11) is 3.78. The number of aromatic nitrogens is 2. The number of halogens is 1. The molecular formula is C20H23ClN4O2S. The molecule has 1 aliphatic heterocycles. The molecule has 1 N–H and O–H groups in total. The molecule has 0 saturated heterocycles. The van der Waals surface area contributed by atoms with Crippen molar-refractivity contribution in [1.29, 1.82) is 0 Å². The molecule has 8 heteroatoms. The van der Waals surface area contributed by atoms with Gasteiger partial charge in [0.15, 0.2) is 0 Å². The molecule has 1 aliphatic rings. The average molecular weight is 419 g/mol. The van der Waals surface area contributed by atoms with Gasteiger partial charge in [-0.1, -0.05) is 17.7 Å². The number of rotatable bonds is 6. The summed E-state index contributed by atoms with van der Waals surface area (Å²) < 4.78 is 6.77. The van der Waals surface area contributed by atoms with Crippen LogP contribution in [0.4, 0.5) is 5.95 Å². The zero-order chi connectivity index (χ0) is 19.7. The summed E-state index contributed by atoms with van der Waals surface area (Å²) in [5.74, 6) is 0.544. The molecule has 28 heavy (non-hydrogen) atoms. The van der Waals surface area contributed by atoms with Gasteiger partial charge < -0.3 is 15.0 Å². The van der Waals surface area contributed by atoms with Crippen LogP contribution in [0, 0.1) is 0 Å². The lowest BCUT2D eigenvalue weighted by Gasteiger charge is -2.21. The number of hydrogen-bond donors (Lipinski definition) is 1. The third kappa shape index (κ3) is 3.67. The summed E-state index contributed by atoms with van der Waals surface area (Å²) in [6.45, 7) is 3.13. The third-order valence-corrected chi connectivity index (χ3v) is 6.29. The Bertz CT molecular complexity index is 1060. The first-order chi connectivity index (χ1) is 13.6. The Balaban J connectivity index is 1.87. The highest BCUT2D eigenvalue weighted by atomic mass is 35.5. The molecule has 3 heterocycles. The number of nitrogens with zero attached hydrogens (tertiary/aromatic N) is 3. The van der Waals surface area contributed by atoms with Crippen LogP contribution >= 0.6 is 22.9 Å². The lowest BCUT2D eigenvalue weighted by Crippen LogP contribution is -2.27. The highest BCUT2D eigenvalue weighted by Gasteiger charge is 2.24. The van der Waals surface area contributed by atoms with Crippen LogP contribution in [0.5, 0.6) is 0 Å². The number of ether oxygens (including phenoxy) is 1. The standard InChI is InChI=1S/C20H23ClN4O2S/c1-24-9-7-15-16(12-24)28-18-17(15)19(26)25(14-6-3-5-13(21)11-14)20(23-18)22-8-4-10-27-2/h3,5-6,11H,4,7-10,12H2,1-2H3,(H,22,23). The molecule has 4 rings (SSSR count). The Morgan fingerprint density at radius 1 is 1.39 bits per heavy atom. The smallest absolute Gasteiger partial charge is 0.268 e. The predicted octanol–water partition coefficient (Wildman–Crippen LogP) is 3.54. The van der Waals surface area contributed by atoms with Gasteiger partial charge in [0.05, 0.1) is 11.1 Å². The number of thiophene rings is 1. The molecule has 1 aromatic carbocycles. The lowest BCUT2D eigenvalue weighted by molar-refractivity contribution is 0.197. The van der Waals surface area contributed by atoms with Crippen LogP contribution in [0.2, 0.25) is 5.02 Å². The van der Waals surface area contributed by atoms with Gasteiger partial charge in [-0.05, 0) is 43.7 Å². The largest absolute Gasteiger partial charge is 0.385 e. The monoisotopic (exact) mass is 418 g/mol. The molecule has 0 bridgehead atoms. The fraction of sp³-hybridized carbons (Fsp3) is 0.400. The lowest BCUT2D eigenvalue weighted by atomic mass is 10.1. The molecular weight excluding hydrogens is 396 g/mol. The Morgan fingerprint density at radius 2 is 2.25 bits per heavy atom. The number of anilines is 1. The maximum absolute atomic E-state index is 13.6. The maximum atomic E-state index is 13.6. The number of benzene rings is 1. The van der Waals surface area contributed by atoms with E-state index < -0.39 is 0 Å². The molecule has 0 saturated carbocycles. The Hall–Kier alpha value is -1.93. The van der Waals surface area contributed by atoms with Crippen LogP contribution in [-0.2, 0) is 17.7 Å². The van der Waals surface area contributed by atoms with Crippen molar-refractivity contribution in [1.82, 2.24) is 14.5 Å². The summed E-state index contributed by atoms with van der Waals surface area (Å²) in [4.78, 5) is 22.7. The van der Waals surface area contributed by atoms with Crippen molar-refractivity contribution in [2.75, 3.05) is 39.2 Å². The third-order valence-electron chi connectivity index (χ3n) is 4.94. The first-order valence-corrected chi connectivity index (χ1v) is 10.5. The minimum Gasteiger partial charge on any atom is -0.385 e. The maximum Gasteiger partial charge on any atom is 0.268 e. The van der Waals surface area contributed by atoms with Gasteiger partial charge in [0.25, 0.3) is 5.56 Å². The van der Waals surface area contributed by atoms with Crippen molar-refractivity contribution >= 4 is 39.1 Å². The second kappa shape index (κ2) is 8.21. The van der Waals surface area contributed by atoms with Gasteiger partial charge in [0.2, 0.25) is 5.95 Å². The zero-order valence-corrected chi connectivity index (χ0v) is 17.6. The molecule has 0 fully saturated rings. The molecule has 0 atom stereocenters. The number of fused-ring (bicyclic) bond motifs is 3. The SMILES string of the molecule is COCCCNc1nc2sc3c(c2c(=O)n1-c1cccc(Cl)c1)CCN(C)C3. The van der Waals surface area contributed by atoms with Gasteiger partial charge in [-0.15, -0.1) is 11.3 Å². The van der Waals surface area contributed by atoms with E-state index in [1.807, 2.05) is 12.1 Å². The van der Waals surface area contributed by atoms with Gasteiger partial charge in [-0.2, -0.15) is 0 Å². The number of methoxy groups -OCH3 is 1. The van der Waals surface area contributed by atoms with Gasteiger partial charge in [-0.3, -0.25) is 4.79 Å². The second-order valence-electron chi connectivity index (χ2n) is 7.00. The minimum atomic E-state index is -0.0384. The molecule has 2 aromatic heterocycles. The van der Waals surface area contributed by atoms with Crippen molar-refractivity contribution in [2.45, 2.75) is 19.4 Å². The van der Waals surface area contributed by atoms with E-state index in [-0.39, 0.29) is 5.56 Å². The van der Waals surface area contributed by atoms with E-state index in [4.69, 9.17) is 21.3 Å². The fourth-order valence-corrected chi connectivity index (χ4v) is 5.04. The molecule has 148 valence electrons. The van der Waals surface area contributed by atoms with Crippen LogP contribution in [0.3, 0.4) is 0 Å². The van der Waals surface area contributed by atoms with Crippen LogP contribution < -0.4 is 10.9 Å². The van der Waals surface area contributed by atoms with Gasteiger partial charge in [0, 0.05) is 43.3 Å². The van der Waals surface area contributed by atoms with Crippen molar-refractivity contribution in [3.8, 4) is 5.69 Å². The van der Waals surface area contributed by atoms with Crippen molar-refractivity contribution < 1.29 is 4.74 Å². The van der Waals surface area contributed by atoms with Crippen molar-refractivity contribution in [3.63, 3.8) is 0 Å². The minimum absolute atomic E-state index is 0.0384. The Morgan fingerprint density at radius 3 is 3.04 bits per heavy atom. The summed E-state index contributed by atoms with van der Waals surface area (Å²) in [5.41, 5.74) is 1.83. The topological polar surface area (TPSA) is 59.4 Å². The van der Waals surface area contributed by atoms with E-state index >= 15 is 0 Å². The first-order valence-electron chi connectivity index (χ1n) is 9.33. The molecule has 0 radical (unpaired) electrons. The number of nitrogens with one attached hydrogen (secondary N) is 1. The highest BCUT2D eigenvalue weighted by Crippen LogP contribution is 2.33. The summed E-state index contributed by atoms with van der Waals surface area (Å²) in [6, 6.07) is 7.33. The van der Waals surface area contributed by atoms with E-state index in [9.17, 15) is 4.79 Å². The van der Waals surface area contributed by atoms with Crippen LogP contribution in [0.1, 0.15) is 16.9 Å². The summed E-state index contributed by atoms with van der Waals surface area (Å²) >= 11 is 7.82. The van der Waals surface area contributed by atoms with E-state index in [1.165, 1.54) is 4.88 Å². The van der Waals surface area contributed by atoms with Gasteiger partial charge in [-0.25, -0.2) is 9.55 Å². The summed E-state index contributed by atoms with van der Waals surface area (Å²) in [5, 5.41) is 4.65. The van der Waals surface area contributed by atoms with Crippen molar-refractivity contribution in [2.24, 2.45) is 0 Å². The quantitative estimate of drug-likeness (QED) is 0.620. The van der Waals surface area contributed by atoms with Crippen LogP contribution in [0.25, 0.3) is 15.9 Å². The first kappa shape index (κ1) is 19.4. The average Bonchev–Trinajstić information content (AvgIpc) is 3.02. The summed E-state index contributed by atoms with van der Waals surface area (Å²) in [6.07, 6.45) is 1.70. The Kier molecular flexibility index (Phi) is 5.68. The number of hydrogen-bond acceptors (Lipinski definition) is 6. The normalized spacial score (nSPS) is 14.4. The number of likely N-dealkylation sites (N-methyl/N-ethyl adjacent to an activating group) is 1. The predicted molar refractivity (Wildman–Crippen MR) is 115 cm³/mol. The highest BCUT2D eigenvalue weighted by molar-refractivity contribution is 7.18. The molecule has 0 aliphatic carbocycles.